The monoisotopic (exact) mass is 293 g/mol. The fourth-order valence-corrected chi connectivity index (χ4v) is 1.94. The number of primary amides is 1. The van der Waals surface area contributed by atoms with Crippen molar-refractivity contribution in [3.8, 4) is 0 Å². The van der Waals surface area contributed by atoms with Crippen LogP contribution >= 0.6 is 11.6 Å². The molecule has 1 amide bonds. The molecule has 6 heteroatoms. The molecule has 2 aromatic carbocycles. The minimum absolute atomic E-state index is 0.00381. The molecular formula is C14H13ClFN3O. The highest BCUT2D eigenvalue weighted by atomic mass is 35.5. The van der Waals surface area contributed by atoms with Crippen LogP contribution in [-0.4, -0.2) is 5.91 Å². The van der Waals surface area contributed by atoms with E-state index in [2.05, 4.69) is 5.32 Å². The van der Waals surface area contributed by atoms with Crippen molar-refractivity contribution in [3.05, 3.63) is 52.3 Å². The molecule has 0 saturated carbocycles. The quantitative estimate of drug-likeness (QED) is 0.760. The molecular weight excluding hydrogens is 281 g/mol. The van der Waals surface area contributed by atoms with Gasteiger partial charge in [-0.15, -0.1) is 0 Å². The summed E-state index contributed by atoms with van der Waals surface area (Å²) in [5, 5.41) is 3.27. The summed E-state index contributed by atoms with van der Waals surface area (Å²) in [7, 11) is 0. The standard InChI is InChI=1S/C14H13ClFN3O/c1-7-2-3-9(15)12(4-7)19-13-5-8(14(18)20)11(17)6-10(13)16/h2-6,19H,17H2,1H3,(H2,18,20). The SMILES string of the molecule is Cc1ccc(Cl)c(Nc2cc(C(N)=O)c(N)cc2F)c1. The van der Waals surface area contributed by atoms with Crippen LogP contribution < -0.4 is 16.8 Å². The normalized spacial score (nSPS) is 10.3. The topological polar surface area (TPSA) is 81.1 Å². The van der Waals surface area contributed by atoms with Gasteiger partial charge in [-0.1, -0.05) is 17.7 Å². The molecule has 20 heavy (non-hydrogen) atoms. The maximum Gasteiger partial charge on any atom is 0.250 e. The second kappa shape index (κ2) is 5.38. The summed E-state index contributed by atoms with van der Waals surface area (Å²) in [6.07, 6.45) is 0. The van der Waals surface area contributed by atoms with E-state index in [1.807, 2.05) is 13.0 Å². The van der Waals surface area contributed by atoms with Crippen LogP contribution in [0.2, 0.25) is 5.02 Å². The molecule has 0 saturated heterocycles. The Morgan fingerprint density at radius 2 is 1.95 bits per heavy atom. The van der Waals surface area contributed by atoms with Crippen molar-refractivity contribution in [1.82, 2.24) is 0 Å². The molecule has 4 nitrogen and oxygen atoms in total. The maximum atomic E-state index is 13.9. The van der Waals surface area contributed by atoms with Crippen molar-refractivity contribution in [2.75, 3.05) is 11.1 Å². The van der Waals surface area contributed by atoms with E-state index < -0.39 is 11.7 Å². The lowest BCUT2D eigenvalue weighted by molar-refractivity contribution is 0.100. The molecule has 104 valence electrons. The van der Waals surface area contributed by atoms with E-state index in [0.717, 1.165) is 11.6 Å². The van der Waals surface area contributed by atoms with Crippen LogP contribution in [0.3, 0.4) is 0 Å². The van der Waals surface area contributed by atoms with E-state index in [4.69, 9.17) is 23.1 Å². The molecule has 0 heterocycles. The number of anilines is 3. The molecule has 0 aromatic heterocycles. The summed E-state index contributed by atoms with van der Waals surface area (Å²) in [5.41, 5.74) is 12.4. The third-order valence-corrected chi connectivity index (χ3v) is 3.13. The van der Waals surface area contributed by atoms with Crippen molar-refractivity contribution >= 4 is 34.6 Å². The second-order valence-corrected chi connectivity index (χ2v) is 4.80. The fourth-order valence-electron chi connectivity index (χ4n) is 1.78. The molecule has 0 aliphatic heterocycles. The Morgan fingerprint density at radius 1 is 1.25 bits per heavy atom. The first-order valence-corrected chi connectivity index (χ1v) is 6.18. The fraction of sp³-hybridized carbons (Fsp3) is 0.0714. The van der Waals surface area contributed by atoms with Gasteiger partial charge in [0.1, 0.15) is 5.82 Å². The number of hydrogen-bond donors (Lipinski definition) is 3. The lowest BCUT2D eigenvalue weighted by Gasteiger charge is -2.12. The Bertz CT molecular complexity index is 688. The number of amides is 1. The summed E-state index contributed by atoms with van der Waals surface area (Å²) >= 11 is 6.03. The third-order valence-electron chi connectivity index (χ3n) is 2.80. The predicted molar refractivity (Wildman–Crippen MR) is 78.8 cm³/mol. The van der Waals surface area contributed by atoms with Gasteiger partial charge in [0.05, 0.1) is 22.0 Å². The molecule has 0 aliphatic rings. The van der Waals surface area contributed by atoms with Gasteiger partial charge in [0.15, 0.2) is 0 Å². The van der Waals surface area contributed by atoms with Crippen LogP contribution in [0.5, 0.6) is 0 Å². The van der Waals surface area contributed by atoms with Gasteiger partial charge < -0.3 is 16.8 Å². The summed E-state index contributed by atoms with van der Waals surface area (Å²) in [6.45, 7) is 1.88. The first-order chi connectivity index (χ1) is 9.38. The van der Waals surface area contributed by atoms with E-state index in [1.165, 1.54) is 6.07 Å². The van der Waals surface area contributed by atoms with Gasteiger partial charge in [-0.3, -0.25) is 4.79 Å². The summed E-state index contributed by atoms with van der Waals surface area (Å²) in [4.78, 5) is 11.2. The van der Waals surface area contributed by atoms with Gasteiger partial charge in [0.2, 0.25) is 0 Å². The van der Waals surface area contributed by atoms with Gasteiger partial charge in [-0.25, -0.2) is 4.39 Å². The summed E-state index contributed by atoms with van der Waals surface area (Å²) in [5.74, 6) is -1.31. The number of nitrogens with two attached hydrogens (primary N) is 2. The maximum absolute atomic E-state index is 13.9. The molecule has 0 aliphatic carbocycles. The van der Waals surface area contributed by atoms with Crippen molar-refractivity contribution in [1.29, 1.82) is 0 Å². The first kappa shape index (κ1) is 14.1. The number of rotatable bonds is 3. The Labute approximate surface area is 120 Å². The Hall–Kier alpha value is -2.27. The van der Waals surface area contributed by atoms with Crippen LogP contribution in [0.25, 0.3) is 0 Å². The van der Waals surface area contributed by atoms with E-state index in [1.54, 1.807) is 12.1 Å². The van der Waals surface area contributed by atoms with Crippen molar-refractivity contribution in [2.24, 2.45) is 5.73 Å². The number of aryl methyl sites for hydroxylation is 1. The van der Waals surface area contributed by atoms with E-state index in [-0.39, 0.29) is 16.9 Å². The van der Waals surface area contributed by atoms with Gasteiger partial charge in [0.25, 0.3) is 5.91 Å². The highest BCUT2D eigenvalue weighted by molar-refractivity contribution is 6.33. The minimum atomic E-state index is -0.721. The zero-order chi connectivity index (χ0) is 14.9. The molecule has 0 bridgehead atoms. The number of nitrogen functional groups attached to an aromatic ring is 1. The molecule has 0 unspecified atom stereocenters. The number of carbonyl (C=O) groups is 1. The lowest BCUT2D eigenvalue weighted by Crippen LogP contribution is -2.14. The van der Waals surface area contributed by atoms with Crippen LogP contribution in [0.4, 0.5) is 21.5 Å². The number of carbonyl (C=O) groups excluding carboxylic acids is 1. The number of halogens is 2. The van der Waals surface area contributed by atoms with Gasteiger partial charge >= 0.3 is 0 Å². The Kier molecular flexibility index (Phi) is 3.81. The second-order valence-electron chi connectivity index (χ2n) is 4.39. The van der Waals surface area contributed by atoms with Crippen molar-refractivity contribution in [2.45, 2.75) is 6.92 Å². The Morgan fingerprint density at radius 3 is 2.60 bits per heavy atom. The van der Waals surface area contributed by atoms with Gasteiger partial charge in [-0.05, 0) is 36.8 Å². The highest BCUT2D eigenvalue weighted by Crippen LogP contribution is 2.29. The smallest absolute Gasteiger partial charge is 0.250 e. The van der Waals surface area contributed by atoms with Crippen molar-refractivity contribution in [3.63, 3.8) is 0 Å². The highest BCUT2D eigenvalue weighted by Gasteiger charge is 2.13. The first-order valence-electron chi connectivity index (χ1n) is 5.80. The average molecular weight is 294 g/mol. The molecule has 2 rings (SSSR count). The van der Waals surface area contributed by atoms with Gasteiger partial charge in [0, 0.05) is 5.69 Å². The van der Waals surface area contributed by atoms with Crippen LogP contribution in [-0.2, 0) is 0 Å². The zero-order valence-corrected chi connectivity index (χ0v) is 11.5. The predicted octanol–water partition coefficient (Wildman–Crippen LogP) is 3.21. The third kappa shape index (κ3) is 2.83. The average Bonchev–Trinajstić information content (AvgIpc) is 2.36. The van der Waals surface area contributed by atoms with Crippen LogP contribution in [0.15, 0.2) is 30.3 Å². The minimum Gasteiger partial charge on any atom is -0.398 e. The molecule has 0 atom stereocenters. The molecule has 0 fully saturated rings. The van der Waals surface area contributed by atoms with Crippen LogP contribution in [0.1, 0.15) is 15.9 Å². The molecule has 2 aromatic rings. The number of benzene rings is 2. The van der Waals surface area contributed by atoms with E-state index >= 15 is 0 Å². The lowest BCUT2D eigenvalue weighted by atomic mass is 10.1. The van der Waals surface area contributed by atoms with E-state index in [9.17, 15) is 9.18 Å². The Balaban J connectivity index is 2.45. The summed E-state index contributed by atoms with van der Waals surface area (Å²) < 4.78 is 13.9. The van der Waals surface area contributed by atoms with Crippen molar-refractivity contribution < 1.29 is 9.18 Å². The zero-order valence-electron chi connectivity index (χ0n) is 10.7. The molecule has 0 radical (unpaired) electrons. The number of hydrogen-bond acceptors (Lipinski definition) is 3. The number of nitrogens with one attached hydrogen (secondary N) is 1. The van der Waals surface area contributed by atoms with Gasteiger partial charge in [-0.2, -0.15) is 0 Å². The molecule has 0 spiro atoms. The van der Waals surface area contributed by atoms with Crippen LogP contribution in [0, 0.1) is 12.7 Å². The summed E-state index contributed by atoms with van der Waals surface area (Å²) in [6, 6.07) is 7.62. The molecule has 5 N–H and O–H groups in total. The van der Waals surface area contributed by atoms with E-state index in [0.29, 0.717) is 10.7 Å². The largest absolute Gasteiger partial charge is 0.398 e.